The molecule has 0 spiro atoms. The summed E-state index contributed by atoms with van der Waals surface area (Å²) in [6.07, 6.45) is 5.74. The minimum atomic E-state index is -0.0524. The van der Waals surface area contributed by atoms with Crippen molar-refractivity contribution < 1.29 is 9.53 Å². The van der Waals surface area contributed by atoms with Crippen molar-refractivity contribution in [1.29, 1.82) is 0 Å². The molecule has 1 aliphatic rings. The highest BCUT2D eigenvalue weighted by atomic mass is 16.5. The van der Waals surface area contributed by atoms with Crippen LogP contribution in [-0.2, 0) is 9.53 Å². The average molecular weight is 141 g/mol. The van der Waals surface area contributed by atoms with Gasteiger partial charge in [0.05, 0.1) is 0 Å². The van der Waals surface area contributed by atoms with Crippen LogP contribution in [0.25, 0.3) is 0 Å². The predicted octanol–water partition coefficient (Wildman–Crippen LogP) is 1.70. The minimum absolute atomic E-state index is 0.0524. The van der Waals surface area contributed by atoms with Gasteiger partial charge in [0.2, 0.25) is 0 Å². The van der Waals surface area contributed by atoms with Gasteiger partial charge in [-0.15, -0.1) is 0 Å². The summed E-state index contributed by atoms with van der Waals surface area (Å²) in [5, 5.41) is 0. The number of ether oxygens (including phenoxy) is 1. The van der Waals surface area contributed by atoms with Gasteiger partial charge in [-0.3, -0.25) is 4.79 Å². The lowest BCUT2D eigenvalue weighted by Gasteiger charge is -2.24. The Kier molecular flexibility index (Phi) is 2.72. The monoisotopic (exact) mass is 141 g/mol. The molecule has 0 saturated heterocycles. The fourth-order valence-electron chi connectivity index (χ4n) is 0.842. The molecule has 0 aromatic carbocycles. The van der Waals surface area contributed by atoms with Crippen molar-refractivity contribution in [3.8, 4) is 0 Å². The second-order valence-corrected chi connectivity index (χ2v) is 2.59. The van der Waals surface area contributed by atoms with E-state index >= 15 is 0 Å². The summed E-state index contributed by atoms with van der Waals surface area (Å²) in [6.45, 7) is 1.98. The van der Waals surface area contributed by atoms with Crippen molar-refractivity contribution in [3.63, 3.8) is 0 Å². The van der Waals surface area contributed by atoms with E-state index in [0.717, 1.165) is 19.3 Å². The van der Waals surface area contributed by atoms with Crippen LogP contribution in [-0.4, -0.2) is 12.1 Å². The lowest BCUT2D eigenvalue weighted by Crippen LogP contribution is -2.25. The number of hydrogen-bond acceptors (Lipinski definition) is 2. The summed E-state index contributed by atoms with van der Waals surface area (Å²) >= 11 is 0. The number of carbonyl (C=O) groups excluding carboxylic acids is 1. The van der Waals surface area contributed by atoms with Crippen molar-refractivity contribution in [1.82, 2.24) is 0 Å². The predicted molar refractivity (Wildman–Crippen MR) is 38.3 cm³/mol. The molecule has 1 unspecified atom stereocenters. The molecule has 2 nitrogen and oxygen atoms in total. The second-order valence-electron chi connectivity index (χ2n) is 2.59. The summed E-state index contributed by atoms with van der Waals surface area (Å²) in [7, 11) is 0. The molecule has 0 N–H and O–H groups in total. The van der Waals surface area contributed by atoms with Crippen molar-refractivity contribution in [2.45, 2.75) is 38.7 Å². The standard InChI is InChI=1S/C8H13O2/c1-2-4-8(9)10-7-5-3-6-7/h5,7H,2-4,6H2,1H3. The van der Waals surface area contributed by atoms with Crippen LogP contribution in [0.5, 0.6) is 0 Å². The van der Waals surface area contributed by atoms with Gasteiger partial charge in [0.25, 0.3) is 0 Å². The Balaban J connectivity index is 2.05. The number of esters is 1. The molecular formula is C8H13O2. The zero-order valence-corrected chi connectivity index (χ0v) is 6.30. The second kappa shape index (κ2) is 3.59. The smallest absolute Gasteiger partial charge is 0.306 e. The highest BCUT2D eigenvalue weighted by Crippen LogP contribution is 2.21. The van der Waals surface area contributed by atoms with E-state index in [1.165, 1.54) is 0 Å². The van der Waals surface area contributed by atoms with Crippen molar-refractivity contribution >= 4 is 5.97 Å². The van der Waals surface area contributed by atoms with Crippen LogP contribution in [0.1, 0.15) is 32.6 Å². The maximum Gasteiger partial charge on any atom is 0.306 e. The van der Waals surface area contributed by atoms with Crippen molar-refractivity contribution in [2.24, 2.45) is 0 Å². The Hall–Kier alpha value is -0.530. The molecular weight excluding hydrogens is 128 g/mol. The van der Waals surface area contributed by atoms with Gasteiger partial charge in [-0.1, -0.05) is 6.92 Å². The van der Waals surface area contributed by atoms with Gasteiger partial charge in [0.15, 0.2) is 0 Å². The molecule has 0 aromatic rings. The molecule has 10 heavy (non-hydrogen) atoms. The Morgan fingerprint density at radius 1 is 1.80 bits per heavy atom. The summed E-state index contributed by atoms with van der Waals surface area (Å²) in [5.74, 6) is -0.0524. The molecule has 1 radical (unpaired) electrons. The molecule has 1 aliphatic carbocycles. The van der Waals surface area contributed by atoms with Gasteiger partial charge in [-0.05, 0) is 19.3 Å². The van der Waals surface area contributed by atoms with Crippen LogP contribution in [0.4, 0.5) is 0 Å². The van der Waals surface area contributed by atoms with Crippen molar-refractivity contribution in [3.05, 3.63) is 6.42 Å². The maximum absolute atomic E-state index is 10.8. The van der Waals surface area contributed by atoms with Gasteiger partial charge in [-0.25, -0.2) is 0 Å². The van der Waals surface area contributed by atoms with Crippen LogP contribution in [0.15, 0.2) is 0 Å². The van der Waals surface area contributed by atoms with Crippen LogP contribution in [0.2, 0.25) is 0 Å². The molecule has 0 aromatic heterocycles. The Bertz CT molecular complexity index is 116. The van der Waals surface area contributed by atoms with E-state index < -0.39 is 0 Å². The van der Waals surface area contributed by atoms with Crippen LogP contribution in [0, 0.1) is 6.42 Å². The fraction of sp³-hybridized carbons (Fsp3) is 0.750. The highest BCUT2D eigenvalue weighted by Gasteiger charge is 2.21. The number of carbonyl (C=O) groups is 1. The van der Waals surface area contributed by atoms with Gasteiger partial charge < -0.3 is 4.74 Å². The zero-order valence-electron chi connectivity index (χ0n) is 6.30. The molecule has 1 rings (SSSR count). The Morgan fingerprint density at radius 2 is 2.50 bits per heavy atom. The van der Waals surface area contributed by atoms with E-state index in [9.17, 15) is 4.79 Å². The van der Waals surface area contributed by atoms with Crippen LogP contribution in [0.3, 0.4) is 0 Å². The molecule has 1 saturated carbocycles. The van der Waals surface area contributed by atoms with E-state index in [1.54, 1.807) is 0 Å². The third-order valence-corrected chi connectivity index (χ3v) is 1.62. The van der Waals surface area contributed by atoms with E-state index in [4.69, 9.17) is 4.74 Å². The fourth-order valence-corrected chi connectivity index (χ4v) is 0.842. The van der Waals surface area contributed by atoms with E-state index in [2.05, 4.69) is 0 Å². The first kappa shape index (κ1) is 7.58. The summed E-state index contributed by atoms with van der Waals surface area (Å²) in [4.78, 5) is 10.8. The first-order chi connectivity index (χ1) is 4.83. The van der Waals surface area contributed by atoms with E-state index in [1.807, 2.05) is 13.3 Å². The first-order valence-electron chi connectivity index (χ1n) is 3.85. The van der Waals surface area contributed by atoms with E-state index in [-0.39, 0.29) is 12.1 Å². The normalized spacial score (nSPS) is 18.1. The summed E-state index contributed by atoms with van der Waals surface area (Å²) < 4.78 is 5.03. The third-order valence-electron chi connectivity index (χ3n) is 1.62. The molecule has 0 heterocycles. The molecule has 0 amide bonds. The first-order valence-corrected chi connectivity index (χ1v) is 3.85. The van der Waals surface area contributed by atoms with Crippen molar-refractivity contribution in [2.75, 3.05) is 0 Å². The lowest BCUT2D eigenvalue weighted by atomic mass is 9.96. The van der Waals surface area contributed by atoms with Gasteiger partial charge in [-0.2, -0.15) is 0 Å². The van der Waals surface area contributed by atoms with Crippen LogP contribution >= 0.6 is 0 Å². The van der Waals surface area contributed by atoms with Gasteiger partial charge >= 0.3 is 5.97 Å². The summed E-state index contributed by atoms with van der Waals surface area (Å²) in [5.41, 5.74) is 0. The quantitative estimate of drug-likeness (QED) is 0.559. The van der Waals surface area contributed by atoms with Gasteiger partial charge in [0, 0.05) is 12.8 Å². The topological polar surface area (TPSA) is 26.3 Å². The zero-order chi connectivity index (χ0) is 7.40. The number of hydrogen-bond donors (Lipinski definition) is 0. The summed E-state index contributed by atoms with van der Waals surface area (Å²) in [6, 6.07) is 0. The Morgan fingerprint density at radius 3 is 2.90 bits per heavy atom. The number of rotatable bonds is 3. The molecule has 1 atom stereocenters. The molecule has 2 heteroatoms. The Labute approximate surface area is 61.6 Å². The third kappa shape index (κ3) is 2.01. The maximum atomic E-state index is 10.8. The molecule has 0 bridgehead atoms. The average Bonchev–Trinajstić information content (AvgIpc) is 1.80. The SMILES string of the molecule is CCCC(=O)OC1[CH]CC1. The molecule has 0 aliphatic heterocycles. The minimum Gasteiger partial charge on any atom is -0.462 e. The largest absolute Gasteiger partial charge is 0.462 e. The molecule has 57 valence electrons. The van der Waals surface area contributed by atoms with Crippen LogP contribution < -0.4 is 0 Å². The lowest BCUT2D eigenvalue weighted by molar-refractivity contribution is -0.149. The highest BCUT2D eigenvalue weighted by molar-refractivity contribution is 5.69. The van der Waals surface area contributed by atoms with Gasteiger partial charge in [0.1, 0.15) is 6.10 Å². The molecule has 1 fully saturated rings. The van der Waals surface area contributed by atoms with E-state index in [0.29, 0.717) is 6.42 Å².